The number of urea groups is 1. The number of phenols is 1. The molecule has 1 heterocycles. The maximum Gasteiger partial charge on any atom is 0.325 e. The van der Waals surface area contributed by atoms with Crippen LogP contribution in [0, 0.1) is 0 Å². The van der Waals surface area contributed by atoms with Crippen molar-refractivity contribution in [2.75, 3.05) is 13.1 Å². The molecule has 1 aliphatic heterocycles. The molecule has 7 nitrogen and oxygen atoms in total. The fourth-order valence-electron chi connectivity index (χ4n) is 3.74. The minimum absolute atomic E-state index is 0.104. The molecule has 0 bridgehead atoms. The highest BCUT2D eigenvalue weighted by Crippen LogP contribution is 2.35. The van der Waals surface area contributed by atoms with Gasteiger partial charge in [-0.3, -0.25) is 14.5 Å². The highest BCUT2D eigenvalue weighted by Gasteiger charge is 2.51. The standard InChI is InChI=1S/C19H25N3O4/c23-15-6-3-5-14(13-15)8-11-20-16(24)7-4-12-22-17(25)19(21-18(22)26)9-1-2-10-19/h3,5-6,13,23H,1-2,4,7-12H2,(H,20,24)(H,21,26). The number of hydrogen-bond donors (Lipinski definition) is 3. The molecule has 140 valence electrons. The Hall–Kier alpha value is -2.57. The molecule has 0 atom stereocenters. The second-order valence-corrected chi connectivity index (χ2v) is 7.05. The molecular weight excluding hydrogens is 334 g/mol. The fraction of sp³-hybridized carbons (Fsp3) is 0.526. The number of aromatic hydroxyl groups is 1. The monoisotopic (exact) mass is 359 g/mol. The Morgan fingerprint density at radius 3 is 2.77 bits per heavy atom. The van der Waals surface area contributed by atoms with E-state index < -0.39 is 5.54 Å². The summed E-state index contributed by atoms with van der Waals surface area (Å²) in [5, 5.41) is 15.1. The van der Waals surface area contributed by atoms with Gasteiger partial charge in [-0.25, -0.2) is 4.79 Å². The van der Waals surface area contributed by atoms with Gasteiger partial charge >= 0.3 is 6.03 Å². The minimum atomic E-state index is -0.680. The molecule has 0 unspecified atom stereocenters. The topological polar surface area (TPSA) is 98.7 Å². The van der Waals surface area contributed by atoms with E-state index in [4.69, 9.17) is 0 Å². The minimum Gasteiger partial charge on any atom is -0.508 e. The number of amides is 4. The predicted molar refractivity (Wildman–Crippen MR) is 95.5 cm³/mol. The van der Waals surface area contributed by atoms with E-state index in [1.807, 2.05) is 6.07 Å². The number of carbonyl (C=O) groups excluding carboxylic acids is 3. The zero-order valence-electron chi connectivity index (χ0n) is 14.8. The van der Waals surface area contributed by atoms with Crippen molar-refractivity contribution in [2.24, 2.45) is 0 Å². The lowest BCUT2D eigenvalue weighted by Gasteiger charge is -2.19. The third kappa shape index (κ3) is 3.98. The average Bonchev–Trinajstić information content (AvgIpc) is 3.15. The van der Waals surface area contributed by atoms with Crippen molar-refractivity contribution in [2.45, 2.75) is 50.5 Å². The second kappa shape index (κ2) is 7.76. The zero-order chi connectivity index (χ0) is 18.6. The van der Waals surface area contributed by atoms with Gasteiger partial charge in [-0.1, -0.05) is 25.0 Å². The summed E-state index contributed by atoms with van der Waals surface area (Å²) in [4.78, 5) is 37.7. The van der Waals surface area contributed by atoms with E-state index in [2.05, 4.69) is 10.6 Å². The molecular formula is C19H25N3O4. The molecule has 7 heteroatoms. The van der Waals surface area contributed by atoms with E-state index in [1.54, 1.807) is 18.2 Å². The summed E-state index contributed by atoms with van der Waals surface area (Å²) in [6, 6.07) is 6.60. The van der Waals surface area contributed by atoms with Crippen molar-refractivity contribution in [3.63, 3.8) is 0 Å². The van der Waals surface area contributed by atoms with Gasteiger partial charge < -0.3 is 15.7 Å². The van der Waals surface area contributed by atoms with Gasteiger partial charge in [-0.2, -0.15) is 0 Å². The molecule has 1 aliphatic carbocycles. The first-order valence-corrected chi connectivity index (χ1v) is 9.19. The largest absolute Gasteiger partial charge is 0.508 e. The number of carbonyl (C=O) groups is 3. The first kappa shape index (κ1) is 18.2. The Kier molecular flexibility index (Phi) is 5.44. The third-order valence-electron chi connectivity index (χ3n) is 5.13. The van der Waals surface area contributed by atoms with Gasteiger partial charge in [-0.05, 0) is 43.4 Å². The van der Waals surface area contributed by atoms with Crippen LogP contribution in [-0.2, 0) is 16.0 Å². The number of nitrogens with one attached hydrogen (secondary N) is 2. The third-order valence-corrected chi connectivity index (χ3v) is 5.13. The maximum absolute atomic E-state index is 12.5. The van der Waals surface area contributed by atoms with Crippen LogP contribution in [-0.4, -0.2) is 46.5 Å². The van der Waals surface area contributed by atoms with Gasteiger partial charge in [-0.15, -0.1) is 0 Å². The van der Waals surface area contributed by atoms with Gasteiger partial charge in [0.15, 0.2) is 0 Å². The van der Waals surface area contributed by atoms with Crippen molar-refractivity contribution in [3.05, 3.63) is 29.8 Å². The summed E-state index contributed by atoms with van der Waals surface area (Å²) in [7, 11) is 0. The van der Waals surface area contributed by atoms with Gasteiger partial charge in [0.1, 0.15) is 11.3 Å². The Bertz CT molecular complexity index is 698. The number of hydrogen-bond acceptors (Lipinski definition) is 4. The molecule has 1 aromatic carbocycles. The molecule has 4 amide bonds. The Labute approximate surface area is 152 Å². The van der Waals surface area contributed by atoms with Crippen LogP contribution >= 0.6 is 0 Å². The molecule has 3 rings (SSSR count). The molecule has 0 aromatic heterocycles. The van der Waals surface area contributed by atoms with E-state index in [0.29, 0.717) is 32.2 Å². The lowest BCUT2D eigenvalue weighted by atomic mass is 9.98. The molecule has 2 aliphatic rings. The van der Waals surface area contributed by atoms with Crippen LogP contribution in [0.5, 0.6) is 5.75 Å². The first-order chi connectivity index (χ1) is 12.5. The van der Waals surface area contributed by atoms with Crippen LogP contribution in [0.2, 0.25) is 0 Å². The summed E-state index contributed by atoms with van der Waals surface area (Å²) >= 11 is 0. The maximum atomic E-state index is 12.5. The summed E-state index contributed by atoms with van der Waals surface area (Å²) < 4.78 is 0. The predicted octanol–water partition coefficient (Wildman–Crippen LogP) is 1.70. The SMILES string of the molecule is O=C(CCCN1C(=O)NC2(CCCC2)C1=O)NCCc1cccc(O)c1. The molecule has 1 aromatic rings. The van der Waals surface area contributed by atoms with E-state index >= 15 is 0 Å². The van der Waals surface area contributed by atoms with Crippen LogP contribution in [0.25, 0.3) is 0 Å². The normalized spacial score (nSPS) is 18.4. The van der Waals surface area contributed by atoms with Crippen LogP contribution in [0.3, 0.4) is 0 Å². The number of nitrogens with zero attached hydrogens (tertiary/aromatic N) is 1. The zero-order valence-corrected chi connectivity index (χ0v) is 14.8. The van der Waals surface area contributed by atoms with Gasteiger partial charge in [0, 0.05) is 19.5 Å². The molecule has 0 radical (unpaired) electrons. The lowest BCUT2D eigenvalue weighted by Crippen LogP contribution is -2.44. The second-order valence-electron chi connectivity index (χ2n) is 7.05. The quantitative estimate of drug-likeness (QED) is 0.645. The highest BCUT2D eigenvalue weighted by molar-refractivity contribution is 6.07. The Morgan fingerprint density at radius 1 is 1.27 bits per heavy atom. The van der Waals surface area contributed by atoms with Crippen molar-refractivity contribution in [1.29, 1.82) is 0 Å². The summed E-state index contributed by atoms with van der Waals surface area (Å²) in [6.45, 7) is 0.751. The molecule has 1 spiro atoms. The van der Waals surface area contributed by atoms with Crippen LogP contribution in [0.4, 0.5) is 4.79 Å². The Balaban J connectivity index is 1.37. The van der Waals surface area contributed by atoms with Gasteiger partial charge in [0.25, 0.3) is 5.91 Å². The van der Waals surface area contributed by atoms with E-state index in [1.165, 1.54) is 4.90 Å². The summed E-state index contributed by atoms with van der Waals surface area (Å²) in [5.74, 6) is -0.0282. The van der Waals surface area contributed by atoms with E-state index in [-0.39, 0.29) is 36.6 Å². The average molecular weight is 359 g/mol. The molecule has 3 N–H and O–H groups in total. The van der Waals surface area contributed by atoms with Gasteiger partial charge in [0.05, 0.1) is 0 Å². The van der Waals surface area contributed by atoms with Crippen LogP contribution in [0.1, 0.15) is 44.1 Å². The van der Waals surface area contributed by atoms with Gasteiger partial charge in [0.2, 0.25) is 5.91 Å². The molecule has 1 saturated carbocycles. The molecule has 26 heavy (non-hydrogen) atoms. The number of imide groups is 1. The van der Waals surface area contributed by atoms with Crippen LogP contribution in [0.15, 0.2) is 24.3 Å². The van der Waals surface area contributed by atoms with Crippen molar-refractivity contribution in [3.8, 4) is 5.75 Å². The Morgan fingerprint density at radius 2 is 2.04 bits per heavy atom. The van der Waals surface area contributed by atoms with Crippen molar-refractivity contribution < 1.29 is 19.5 Å². The van der Waals surface area contributed by atoms with Crippen molar-refractivity contribution >= 4 is 17.8 Å². The van der Waals surface area contributed by atoms with Crippen molar-refractivity contribution in [1.82, 2.24) is 15.5 Å². The summed E-state index contributed by atoms with van der Waals surface area (Å²) in [6.07, 6.45) is 4.70. The number of phenolic OH excluding ortho intramolecular Hbond substituents is 1. The number of rotatable bonds is 7. The number of benzene rings is 1. The smallest absolute Gasteiger partial charge is 0.325 e. The van der Waals surface area contributed by atoms with E-state index in [0.717, 1.165) is 18.4 Å². The summed E-state index contributed by atoms with van der Waals surface area (Å²) in [5.41, 5.74) is 0.270. The first-order valence-electron chi connectivity index (χ1n) is 9.19. The highest BCUT2D eigenvalue weighted by atomic mass is 16.3. The molecule has 1 saturated heterocycles. The van der Waals surface area contributed by atoms with Crippen LogP contribution < -0.4 is 10.6 Å². The lowest BCUT2D eigenvalue weighted by molar-refractivity contribution is -0.131. The molecule has 2 fully saturated rings. The van der Waals surface area contributed by atoms with E-state index in [9.17, 15) is 19.5 Å². The fourth-order valence-corrected chi connectivity index (χ4v) is 3.74.